The lowest BCUT2D eigenvalue weighted by Gasteiger charge is -2.24. The van der Waals surface area contributed by atoms with E-state index < -0.39 is 0 Å². The van der Waals surface area contributed by atoms with E-state index in [9.17, 15) is 4.79 Å². The van der Waals surface area contributed by atoms with Crippen LogP contribution < -0.4 is 10.2 Å². The summed E-state index contributed by atoms with van der Waals surface area (Å²) in [6.07, 6.45) is 1.63. The first-order chi connectivity index (χ1) is 9.70. The standard InChI is InChI=1S/C16H22N2O2/c1-3-17-16(12-6-7-20-10-12)11-4-5-14-13(8-11)9-15(19)18(14)2/h4-5,8,12,16-17H,3,6-7,9-10H2,1-2H3. The third-order valence-electron chi connectivity index (χ3n) is 4.40. The molecule has 2 atom stereocenters. The molecule has 4 heteroatoms. The lowest BCUT2D eigenvalue weighted by molar-refractivity contribution is -0.117. The minimum atomic E-state index is 0.182. The van der Waals surface area contributed by atoms with Crippen molar-refractivity contribution in [3.8, 4) is 0 Å². The molecular formula is C16H22N2O2. The number of likely N-dealkylation sites (N-methyl/N-ethyl adjacent to an activating group) is 1. The molecule has 0 aromatic heterocycles. The number of ether oxygens (including phenoxy) is 1. The Balaban J connectivity index is 1.88. The fourth-order valence-corrected chi connectivity index (χ4v) is 3.28. The Labute approximate surface area is 120 Å². The van der Waals surface area contributed by atoms with Crippen LogP contribution in [0.25, 0.3) is 0 Å². The molecule has 20 heavy (non-hydrogen) atoms. The van der Waals surface area contributed by atoms with E-state index in [1.54, 1.807) is 4.90 Å². The lowest BCUT2D eigenvalue weighted by Crippen LogP contribution is -2.28. The number of nitrogens with one attached hydrogen (secondary N) is 1. The van der Waals surface area contributed by atoms with Gasteiger partial charge >= 0.3 is 0 Å². The Kier molecular flexibility index (Phi) is 3.76. The van der Waals surface area contributed by atoms with Crippen LogP contribution >= 0.6 is 0 Å². The molecule has 108 valence electrons. The van der Waals surface area contributed by atoms with Crippen molar-refractivity contribution in [2.24, 2.45) is 5.92 Å². The summed E-state index contributed by atoms with van der Waals surface area (Å²) < 4.78 is 5.53. The van der Waals surface area contributed by atoms with Crippen LogP contribution in [0.5, 0.6) is 0 Å². The summed E-state index contributed by atoms with van der Waals surface area (Å²) >= 11 is 0. The monoisotopic (exact) mass is 274 g/mol. The molecule has 0 spiro atoms. The summed E-state index contributed by atoms with van der Waals surface area (Å²) in [6.45, 7) is 4.76. The maximum Gasteiger partial charge on any atom is 0.231 e. The van der Waals surface area contributed by atoms with Gasteiger partial charge in [0, 0.05) is 31.3 Å². The molecule has 2 aliphatic rings. The molecule has 2 heterocycles. The highest BCUT2D eigenvalue weighted by Gasteiger charge is 2.29. The maximum atomic E-state index is 11.8. The van der Waals surface area contributed by atoms with Gasteiger partial charge in [-0.3, -0.25) is 4.79 Å². The summed E-state index contributed by atoms with van der Waals surface area (Å²) in [5.41, 5.74) is 3.48. The Hall–Kier alpha value is -1.39. The van der Waals surface area contributed by atoms with Crippen molar-refractivity contribution < 1.29 is 9.53 Å². The average Bonchev–Trinajstić information content (AvgIpc) is 3.06. The highest BCUT2D eigenvalue weighted by molar-refractivity contribution is 6.00. The Morgan fingerprint density at radius 1 is 1.50 bits per heavy atom. The summed E-state index contributed by atoms with van der Waals surface area (Å²) in [7, 11) is 1.85. The van der Waals surface area contributed by atoms with Gasteiger partial charge < -0.3 is 15.0 Å². The van der Waals surface area contributed by atoms with Gasteiger partial charge in [0.25, 0.3) is 0 Å². The first-order valence-corrected chi connectivity index (χ1v) is 7.41. The van der Waals surface area contributed by atoms with Crippen LogP contribution in [0, 0.1) is 5.92 Å². The molecule has 1 amide bonds. The fraction of sp³-hybridized carbons (Fsp3) is 0.562. The van der Waals surface area contributed by atoms with Crippen LogP contribution in [-0.2, 0) is 16.0 Å². The number of rotatable bonds is 4. The van der Waals surface area contributed by atoms with Crippen molar-refractivity contribution in [1.29, 1.82) is 0 Å². The number of nitrogens with zero attached hydrogens (tertiary/aromatic N) is 1. The van der Waals surface area contributed by atoms with Crippen molar-refractivity contribution in [3.63, 3.8) is 0 Å². The van der Waals surface area contributed by atoms with Crippen LogP contribution in [0.2, 0.25) is 0 Å². The van der Waals surface area contributed by atoms with E-state index in [4.69, 9.17) is 4.74 Å². The van der Waals surface area contributed by atoms with E-state index in [-0.39, 0.29) is 5.91 Å². The van der Waals surface area contributed by atoms with Crippen molar-refractivity contribution in [2.45, 2.75) is 25.8 Å². The highest BCUT2D eigenvalue weighted by atomic mass is 16.5. The lowest BCUT2D eigenvalue weighted by atomic mass is 9.91. The smallest absolute Gasteiger partial charge is 0.231 e. The summed E-state index contributed by atoms with van der Waals surface area (Å²) in [4.78, 5) is 13.5. The van der Waals surface area contributed by atoms with Crippen LogP contribution in [0.4, 0.5) is 5.69 Å². The van der Waals surface area contributed by atoms with Crippen molar-refractivity contribution in [1.82, 2.24) is 5.32 Å². The molecule has 0 aliphatic carbocycles. The molecule has 2 aliphatic heterocycles. The second-order valence-electron chi connectivity index (χ2n) is 5.68. The Morgan fingerprint density at radius 2 is 2.35 bits per heavy atom. The molecule has 0 saturated carbocycles. The second-order valence-corrected chi connectivity index (χ2v) is 5.68. The van der Waals surface area contributed by atoms with Gasteiger partial charge in [-0.05, 0) is 30.2 Å². The minimum Gasteiger partial charge on any atom is -0.381 e. The third-order valence-corrected chi connectivity index (χ3v) is 4.40. The number of benzene rings is 1. The number of carbonyl (C=O) groups excluding carboxylic acids is 1. The third kappa shape index (κ3) is 2.34. The molecule has 1 saturated heterocycles. The first kappa shape index (κ1) is 13.6. The van der Waals surface area contributed by atoms with E-state index in [2.05, 4.69) is 30.4 Å². The number of anilines is 1. The number of fused-ring (bicyclic) bond motifs is 1. The van der Waals surface area contributed by atoms with E-state index in [1.807, 2.05) is 7.05 Å². The number of amides is 1. The number of hydrogen-bond donors (Lipinski definition) is 1. The van der Waals surface area contributed by atoms with E-state index in [0.717, 1.165) is 37.4 Å². The summed E-state index contributed by atoms with van der Waals surface area (Å²) in [5, 5.41) is 3.58. The maximum absolute atomic E-state index is 11.8. The van der Waals surface area contributed by atoms with Crippen molar-refractivity contribution in [2.75, 3.05) is 31.7 Å². The SMILES string of the molecule is CCNC(c1ccc2c(c1)CC(=O)N2C)C1CCOC1. The second kappa shape index (κ2) is 5.54. The van der Waals surface area contributed by atoms with Gasteiger partial charge in [-0.25, -0.2) is 0 Å². The fourth-order valence-electron chi connectivity index (χ4n) is 3.28. The molecule has 1 aromatic rings. The van der Waals surface area contributed by atoms with Crippen LogP contribution in [0.3, 0.4) is 0 Å². The minimum absolute atomic E-state index is 0.182. The van der Waals surface area contributed by atoms with Crippen LogP contribution in [0.1, 0.15) is 30.5 Å². The van der Waals surface area contributed by atoms with Gasteiger partial charge in [-0.2, -0.15) is 0 Å². The van der Waals surface area contributed by atoms with E-state index >= 15 is 0 Å². The topological polar surface area (TPSA) is 41.6 Å². The first-order valence-electron chi connectivity index (χ1n) is 7.41. The van der Waals surface area contributed by atoms with Crippen molar-refractivity contribution in [3.05, 3.63) is 29.3 Å². The number of hydrogen-bond acceptors (Lipinski definition) is 3. The molecule has 0 radical (unpaired) electrons. The normalized spacial score (nSPS) is 23.2. The molecular weight excluding hydrogens is 252 g/mol. The van der Waals surface area contributed by atoms with Gasteiger partial charge in [0.05, 0.1) is 13.0 Å². The van der Waals surface area contributed by atoms with Crippen molar-refractivity contribution >= 4 is 11.6 Å². The highest BCUT2D eigenvalue weighted by Crippen LogP contribution is 2.34. The number of carbonyl (C=O) groups is 1. The Morgan fingerprint density at radius 3 is 3.05 bits per heavy atom. The molecule has 0 bridgehead atoms. The predicted molar refractivity (Wildman–Crippen MR) is 78.9 cm³/mol. The summed E-state index contributed by atoms with van der Waals surface area (Å²) in [6, 6.07) is 6.76. The van der Waals surface area contributed by atoms with Crippen LogP contribution in [0.15, 0.2) is 18.2 Å². The zero-order valence-electron chi connectivity index (χ0n) is 12.2. The average molecular weight is 274 g/mol. The van der Waals surface area contributed by atoms with E-state index in [1.165, 1.54) is 5.56 Å². The van der Waals surface area contributed by atoms with Gasteiger partial charge in [0.2, 0.25) is 5.91 Å². The molecule has 1 aromatic carbocycles. The molecule has 2 unspecified atom stereocenters. The molecule has 3 rings (SSSR count). The molecule has 1 N–H and O–H groups in total. The quantitative estimate of drug-likeness (QED) is 0.911. The predicted octanol–water partition coefficient (Wildman–Crippen LogP) is 1.89. The molecule has 1 fully saturated rings. The van der Waals surface area contributed by atoms with Crippen LogP contribution in [-0.4, -0.2) is 32.7 Å². The zero-order chi connectivity index (χ0) is 14.1. The van der Waals surface area contributed by atoms with Gasteiger partial charge in [-0.15, -0.1) is 0 Å². The van der Waals surface area contributed by atoms with E-state index in [0.29, 0.717) is 18.4 Å². The largest absolute Gasteiger partial charge is 0.381 e. The van der Waals surface area contributed by atoms with Gasteiger partial charge in [0.1, 0.15) is 0 Å². The zero-order valence-corrected chi connectivity index (χ0v) is 12.2. The van der Waals surface area contributed by atoms with Gasteiger partial charge in [-0.1, -0.05) is 19.1 Å². The molecule has 4 nitrogen and oxygen atoms in total. The van der Waals surface area contributed by atoms with Gasteiger partial charge in [0.15, 0.2) is 0 Å². The Bertz CT molecular complexity index is 509. The summed E-state index contributed by atoms with van der Waals surface area (Å²) in [5.74, 6) is 0.712.